The lowest BCUT2D eigenvalue weighted by Crippen LogP contribution is -2.19. The van der Waals surface area contributed by atoms with E-state index in [1.165, 1.54) is 0 Å². The normalized spacial score (nSPS) is 22.5. The number of nitrogens with zero attached hydrogens (tertiary/aromatic N) is 1. The summed E-state index contributed by atoms with van der Waals surface area (Å²) in [5.41, 5.74) is -0.841. The van der Waals surface area contributed by atoms with Crippen molar-refractivity contribution in [3.05, 3.63) is 33.9 Å². The fourth-order valence-corrected chi connectivity index (χ4v) is 2.32. The smallest absolute Gasteiger partial charge is 0.295 e. The van der Waals surface area contributed by atoms with E-state index in [-0.39, 0.29) is 17.8 Å². The molecule has 1 aliphatic rings. The lowest BCUT2D eigenvalue weighted by atomic mass is 10.2. The summed E-state index contributed by atoms with van der Waals surface area (Å²) in [5, 5.41) is 13.6. The molecule has 2 atom stereocenters. The summed E-state index contributed by atoms with van der Waals surface area (Å²) in [5.74, 6) is -2.32. The van der Waals surface area contributed by atoms with Crippen molar-refractivity contribution < 1.29 is 18.4 Å². The molecule has 104 valence electrons. The first kappa shape index (κ1) is 13.7. The van der Waals surface area contributed by atoms with Crippen LogP contribution >= 0.6 is 0 Å². The Balaban J connectivity index is 2.24. The highest BCUT2D eigenvalue weighted by atomic mass is 19.2. The second-order valence-corrected chi connectivity index (χ2v) is 4.52. The second-order valence-electron chi connectivity index (χ2n) is 4.52. The van der Waals surface area contributed by atoms with Gasteiger partial charge in [0.2, 0.25) is 0 Å². The van der Waals surface area contributed by atoms with Crippen molar-refractivity contribution in [2.24, 2.45) is 0 Å². The minimum Gasteiger partial charge on any atom is -0.381 e. The van der Waals surface area contributed by atoms with E-state index in [9.17, 15) is 18.9 Å². The molecule has 0 spiro atoms. The predicted molar refractivity (Wildman–Crippen MR) is 65.1 cm³/mol. The fraction of sp³-hybridized carbons (Fsp3) is 0.500. The van der Waals surface area contributed by atoms with Crippen LogP contribution in [0.1, 0.15) is 19.3 Å². The quantitative estimate of drug-likeness (QED) is 0.676. The summed E-state index contributed by atoms with van der Waals surface area (Å²) in [6.45, 7) is 0. The van der Waals surface area contributed by atoms with Crippen molar-refractivity contribution >= 4 is 11.4 Å². The van der Waals surface area contributed by atoms with Gasteiger partial charge in [0.25, 0.3) is 5.69 Å². The third kappa shape index (κ3) is 2.81. The van der Waals surface area contributed by atoms with E-state index in [0.717, 1.165) is 18.6 Å². The topological polar surface area (TPSA) is 64.4 Å². The van der Waals surface area contributed by atoms with E-state index >= 15 is 0 Å². The van der Waals surface area contributed by atoms with Crippen molar-refractivity contribution in [3.8, 4) is 0 Å². The maximum atomic E-state index is 13.7. The van der Waals surface area contributed by atoms with Crippen LogP contribution in [0.3, 0.4) is 0 Å². The van der Waals surface area contributed by atoms with Gasteiger partial charge in [0.15, 0.2) is 17.3 Å². The Hall–Kier alpha value is -1.76. The van der Waals surface area contributed by atoms with Gasteiger partial charge in [-0.25, -0.2) is 8.78 Å². The standard InChI is InChI=1S/C12H14F2N2O3/c1-19-8-3-2-7(6-8)15-12-10(16(17)18)5-4-9(13)11(12)14/h4-5,7-8,15H,2-3,6H2,1H3. The summed E-state index contributed by atoms with van der Waals surface area (Å²) in [6.07, 6.45) is 2.15. The number of methoxy groups -OCH3 is 1. The molecule has 0 saturated heterocycles. The van der Waals surface area contributed by atoms with Crippen molar-refractivity contribution in [2.75, 3.05) is 12.4 Å². The van der Waals surface area contributed by atoms with Gasteiger partial charge in [-0.15, -0.1) is 0 Å². The van der Waals surface area contributed by atoms with E-state index in [1.54, 1.807) is 7.11 Å². The average molecular weight is 272 g/mol. The van der Waals surface area contributed by atoms with Gasteiger partial charge in [-0.2, -0.15) is 0 Å². The molecule has 1 aromatic carbocycles. The minimum absolute atomic E-state index is 0.0492. The molecule has 19 heavy (non-hydrogen) atoms. The highest BCUT2D eigenvalue weighted by molar-refractivity contribution is 5.63. The summed E-state index contributed by atoms with van der Waals surface area (Å²) >= 11 is 0. The number of nitro groups is 1. The number of nitrogens with one attached hydrogen (secondary N) is 1. The van der Waals surface area contributed by atoms with Gasteiger partial charge < -0.3 is 10.1 Å². The number of rotatable bonds is 4. The van der Waals surface area contributed by atoms with Gasteiger partial charge >= 0.3 is 0 Å². The van der Waals surface area contributed by atoms with Crippen LogP contribution in [0.4, 0.5) is 20.2 Å². The molecule has 1 aromatic rings. The number of nitro benzene ring substituents is 1. The largest absolute Gasteiger partial charge is 0.381 e. The van der Waals surface area contributed by atoms with Crippen molar-refractivity contribution in [1.82, 2.24) is 0 Å². The number of hydrogen-bond acceptors (Lipinski definition) is 4. The van der Waals surface area contributed by atoms with Crippen molar-refractivity contribution in [3.63, 3.8) is 0 Å². The number of benzene rings is 1. The lowest BCUT2D eigenvalue weighted by molar-refractivity contribution is -0.384. The molecule has 0 amide bonds. The van der Waals surface area contributed by atoms with Gasteiger partial charge in [-0.1, -0.05) is 0 Å². The first-order valence-electron chi connectivity index (χ1n) is 5.94. The van der Waals surface area contributed by atoms with Gasteiger partial charge in [-0.05, 0) is 25.3 Å². The van der Waals surface area contributed by atoms with E-state index in [2.05, 4.69) is 5.32 Å². The van der Waals surface area contributed by atoms with Crippen LogP contribution in [0.15, 0.2) is 12.1 Å². The van der Waals surface area contributed by atoms with E-state index in [4.69, 9.17) is 4.74 Å². The Morgan fingerprint density at radius 1 is 1.42 bits per heavy atom. The van der Waals surface area contributed by atoms with Gasteiger partial charge in [0.05, 0.1) is 11.0 Å². The molecule has 0 aliphatic heterocycles. The number of halogens is 2. The second kappa shape index (κ2) is 5.48. The van der Waals surface area contributed by atoms with E-state index < -0.39 is 22.2 Å². The molecule has 5 nitrogen and oxygen atoms in total. The van der Waals surface area contributed by atoms with E-state index in [0.29, 0.717) is 12.8 Å². The van der Waals surface area contributed by atoms with Crippen LogP contribution < -0.4 is 5.32 Å². The Morgan fingerprint density at radius 3 is 2.74 bits per heavy atom. The Morgan fingerprint density at radius 2 is 2.16 bits per heavy atom. The summed E-state index contributed by atoms with van der Waals surface area (Å²) < 4.78 is 32.0. The van der Waals surface area contributed by atoms with Crippen LogP contribution in [-0.2, 0) is 4.74 Å². The van der Waals surface area contributed by atoms with Crippen LogP contribution in [-0.4, -0.2) is 24.2 Å². The van der Waals surface area contributed by atoms with Gasteiger partial charge in [-0.3, -0.25) is 10.1 Å². The zero-order valence-corrected chi connectivity index (χ0v) is 10.4. The van der Waals surface area contributed by atoms with Crippen LogP contribution in [0.2, 0.25) is 0 Å². The molecule has 0 heterocycles. The maximum Gasteiger partial charge on any atom is 0.295 e. The molecule has 2 unspecified atom stereocenters. The number of ether oxygens (including phenoxy) is 1. The molecular formula is C12H14F2N2O3. The molecular weight excluding hydrogens is 258 g/mol. The van der Waals surface area contributed by atoms with Crippen LogP contribution in [0.25, 0.3) is 0 Å². The van der Waals surface area contributed by atoms with Gasteiger partial charge in [0, 0.05) is 19.2 Å². The highest BCUT2D eigenvalue weighted by Gasteiger charge is 2.29. The molecule has 2 rings (SSSR count). The zero-order valence-electron chi connectivity index (χ0n) is 10.4. The SMILES string of the molecule is COC1CCC(Nc2c([N+](=O)[O-])ccc(F)c2F)C1. The molecule has 1 saturated carbocycles. The third-order valence-corrected chi connectivity index (χ3v) is 3.34. The molecule has 1 fully saturated rings. The van der Waals surface area contributed by atoms with Crippen molar-refractivity contribution in [1.29, 1.82) is 0 Å². The third-order valence-electron chi connectivity index (χ3n) is 3.34. The lowest BCUT2D eigenvalue weighted by Gasteiger charge is -2.15. The first-order valence-corrected chi connectivity index (χ1v) is 5.94. The summed E-state index contributed by atoms with van der Waals surface area (Å²) in [7, 11) is 1.58. The van der Waals surface area contributed by atoms with Crippen LogP contribution in [0.5, 0.6) is 0 Å². The summed E-state index contributed by atoms with van der Waals surface area (Å²) in [6, 6.07) is 1.56. The molecule has 1 N–H and O–H groups in total. The molecule has 7 heteroatoms. The average Bonchev–Trinajstić information content (AvgIpc) is 2.82. The zero-order chi connectivity index (χ0) is 14.0. The molecule has 1 aliphatic carbocycles. The first-order chi connectivity index (χ1) is 9.02. The number of anilines is 1. The molecule has 0 aromatic heterocycles. The number of hydrogen-bond donors (Lipinski definition) is 1. The Kier molecular flexibility index (Phi) is 3.94. The van der Waals surface area contributed by atoms with Crippen LogP contribution in [0, 0.1) is 21.7 Å². The van der Waals surface area contributed by atoms with E-state index in [1.807, 2.05) is 0 Å². The minimum atomic E-state index is -1.21. The molecule has 0 radical (unpaired) electrons. The van der Waals surface area contributed by atoms with Crippen molar-refractivity contribution in [2.45, 2.75) is 31.4 Å². The summed E-state index contributed by atoms with van der Waals surface area (Å²) in [4.78, 5) is 10.1. The molecule has 0 bridgehead atoms. The predicted octanol–water partition coefficient (Wildman–Crippen LogP) is 2.85. The highest BCUT2D eigenvalue weighted by Crippen LogP contribution is 2.32. The monoisotopic (exact) mass is 272 g/mol. The fourth-order valence-electron chi connectivity index (χ4n) is 2.32. The van der Waals surface area contributed by atoms with Gasteiger partial charge in [0.1, 0.15) is 0 Å². The Labute approximate surface area is 108 Å². The Bertz CT molecular complexity index is 496. The maximum absolute atomic E-state index is 13.7.